The van der Waals surface area contributed by atoms with E-state index in [0.717, 1.165) is 27.5 Å². The summed E-state index contributed by atoms with van der Waals surface area (Å²) in [7, 11) is 0. The highest BCUT2D eigenvalue weighted by molar-refractivity contribution is 9.09. The zero-order valence-electron chi connectivity index (χ0n) is 22.3. The first-order valence-corrected chi connectivity index (χ1v) is 14.3. The molecular weight excluding hydrogens is 538 g/mol. The smallest absolute Gasteiger partial charge is 0.246 e. The van der Waals surface area contributed by atoms with Crippen LogP contribution in [0.4, 0.5) is 0 Å². The van der Waals surface area contributed by atoms with E-state index in [-0.39, 0.29) is 17.4 Å². The molecule has 1 amide bonds. The number of hydrogen-bond acceptors (Lipinski definition) is 3. The van der Waals surface area contributed by atoms with E-state index in [1.807, 2.05) is 32.2 Å². The molecule has 2 unspecified atom stereocenters. The summed E-state index contributed by atoms with van der Waals surface area (Å²) in [5.74, 6) is 0.0417. The van der Waals surface area contributed by atoms with Crippen molar-refractivity contribution in [1.29, 1.82) is 5.41 Å². The van der Waals surface area contributed by atoms with Crippen molar-refractivity contribution in [3.8, 4) is 0 Å². The van der Waals surface area contributed by atoms with Crippen molar-refractivity contribution in [2.75, 3.05) is 25.0 Å². The van der Waals surface area contributed by atoms with Gasteiger partial charge in [-0.15, -0.1) is 0 Å². The Balaban J connectivity index is 1.62. The molecule has 3 aromatic carbocycles. The fourth-order valence-electron chi connectivity index (χ4n) is 5.55. The number of alkyl halides is 1. The maximum atomic E-state index is 14.2. The average Bonchev–Trinajstić information content (AvgIpc) is 3.19. The largest absolute Gasteiger partial charge is 0.339 e. The van der Waals surface area contributed by atoms with E-state index in [0.29, 0.717) is 31.7 Å². The quantitative estimate of drug-likeness (QED) is 0.287. The van der Waals surface area contributed by atoms with Crippen molar-refractivity contribution in [3.05, 3.63) is 101 Å². The Hall–Kier alpha value is -3.16. The minimum absolute atomic E-state index is 0.0417. The number of aryl methyl sites for hydroxylation is 2. The molecule has 5 rings (SSSR count). The molecule has 38 heavy (non-hydrogen) atoms. The number of carbonyl (C=O) groups is 1. The number of benzene rings is 3. The second-order valence-electron chi connectivity index (χ2n) is 10.9. The van der Waals surface area contributed by atoms with Gasteiger partial charge in [0.15, 0.2) is 0 Å². The summed E-state index contributed by atoms with van der Waals surface area (Å²) >= 11 is 3.60. The summed E-state index contributed by atoms with van der Waals surface area (Å²) in [5, 5.41) is 10.2. The van der Waals surface area contributed by atoms with Crippen LogP contribution in [-0.4, -0.2) is 44.9 Å². The van der Waals surface area contributed by atoms with Crippen LogP contribution in [0.15, 0.2) is 72.8 Å². The number of rotatable bonds is 8. The van der Waals surface area contributed by atoms with Gasteiger partial charge < -0.3 is 15.2 Å². The third kappa shape index (κ3) is 4.74. The minimum Gasteiger partial charge on any atom is -0.339 e. The van der Waals surface area contributed by atoms with Gasteiger partial charge >= 0.3 is 0 Å². The summed E-state index contributed by atoms with van der Waals surface area (Å²) in [6, 6.07) is 24.3. The third-order valence-electron chi connectivity index (χ3n) is 8.03. The molecule has 1 aliphatic heterocycles. The van der Waals surface area contributed by atoms with E-state index in [9.17, 15) is 10.2 Å². The van der Waals surface area contributed by atoms with Crippen LogP contribution in [0, 0.1) is 24.7 Å². The van der Waals surface area contributed by atoms with Gasteiger partial charge in [0.25, 0.3) is 0 Å². The number of carbonyl (C=O) groups excluding carboxylic acids is 1. The van der Waals surface area contributed by atoms with Gasteiger partial charge in [0.05, 0.1) is 17.1 Å². The molecule has 1 saturated heterocycles. The minimum atomic E-state index is -0.535. The average molecular weight is 575 g/mol. The van der Waals surface area contributed by atoms with E-state index < -0.39 is 6.04 Å². The van der Waals surface area contributed by atoms with Gasteiger partial charge in [0, 0.05) is 36.8 Å². The number of imidazole rings is 1. The number of aromatic nitrogens is 2. The van der Waals surface area contributed by atoms with Crippen LogP contribution in [-0.2, 0) is 11.2 Å². The van der Waals surface area contributed by atoms with E-state index >= 15 is 0 Å². The van der Waals surface area contributed by atoms with Gasteiger partial charge in [-0.1, -0.05) is 87.7 Å². The number of halogens is 1. The van der Waals surface area contributed by atoms with Gasteiger partial charge in [-0.3, -0.25) is 14.8 Å². The Bertz CT molecular complexity index is 1490. The van der Waals surface area contributed by atoms with E-state index in [2.05, 4.69) is 91.3 Å². The first-order valence-electron chi connectivity index (χ1n) is 13.2. The van der Waals surface area contributed by atoms with E-state index in [1.165, 1.54) is 11.1 Å². The molecule has 0 saturated carbocycles. The Morgan fingerprint density at radius 3 is 2.05 bits per heavy atom. The first-order chi connectivity index (χ1) is 18.3. The van der Waals surface area contributed by atoms with Crippen LogP contribution in [0.1, 0.15) is 41.3 Å². The van der Waals surface area contributed by atoms with Gasteiger partial charge in [-0.25, -0.2) is 0 Å². The van der Waals surface area contributed by atoms with E-state index in [1.54, 1.807) is 0 Å². The molecule has 1 aromatic heterocycles. The topological polar surface area (TPSA) is 80.0 Å². The normalized spacial score (nSPS) is 16.3. The van der Waals surface area contributed by atoms with E-state index in [4.69, 9.17) is 5.73 Å². The zero-order chi connectivity index (χ0) is 27.0. The lowest BCUT2D eigenvalue weighted by molar-refractivity contribution is -0.145. The lowest BCUT2D eigenvalue weighted by Crippen LogP contribution is -2.63. The monoisotopic (exact) mass is 573 g/mol. The number of likely N-dealkylation sites (tertiary alicyclic amines) is 1. The van der Waals surface area contributed by atoms with Crippen LogP contribution in [0.2, 0.25) is 0 Å². The molecule has 1 fully saturated rings. The van der Waals surface area contributed by atoms with Crippen LogP contribution >= 0.6 is 15.9 Å². The maximum Gasteiger partial charge on any atom is 0.246 e. The molecule has 3 N–H and O–H groups in total. The fraction of sp³-hybridized carbons (Fsp3) is 0.355. The number of hydrogen-bond donors (Lipinski definition) is 2. The Labute approximate surface area is 232 Å². The standard InChI is InChI=1S/C31H36BrN5O/c1-21-8-12-24(13-9-21)16-28(29(38)35-19-31(17-32,18-33)20-35)37-27-7-5-4-6-26(27)36(30(37)34)23(3)25-14-10-22(2)11-15-25/h4-15,23,28,34H,16-20,33H2,1-3H3. The van der Waals surface area contributed by atoms with Gasteiger partial charge in [-0.05, 0) is 44.0 Å². The highest BCUT2D eigenvalue weighted by atomic mass is 79.9. The van der Waals surface area contributed by atoms with Crippen LogP contribution in [0.3, 0.4) is 0 Å². The summed E-state index contributed by atoms with van der Waals surface area (Å²) in [6.45, 7) is 8.06. The molecular formula is C31H36BrN5O. The number of para-hydroxylation sites is 2. The summed E-state index contributed by atoms with van der Waals surface area (Å²) < 4.78 is 3.99. The van der Waals surface area contributed by atoms with Crippen molar-refractivity contribution in [1.82, 2.24) is 14.0 Å². The number of nitrogens with zero attached hydrogens (tertiary/aromatic N) is 3. The van der Waals surface area contributed by atoms with Gasteiger partial charge in [-0.2, -0.15) is 0 Å². The van der Waals surface area contributed by atoms with Crippen molar-refractivity contribution in [2.45, 2.75) is 39.3 Å². The Morgan fingerprint density at radius 1 is 0.947 bits per heavy atom. The Morgan fingerprint density at radius 2 is 1.50 bits per heavy atom. The highest BCUT2D eigenvalue weighted by Crippen LogP contribution is 2.34. The van der Waals surface area contributed by atoms with Gasteiger partial charge in [0.1, 0.15) is 6.04 Å². The molecule has 7 heteroatoms. The first kappa shape index (κ1) is 26.4. The molecule has 2 atom stereocenters. The summed E-state index contributed by atoms with van der Waals surface area (Å²) in [5.41, 5.74) is 12.8. The maximum absolute atomic E-state index is 14.2. The molecule has 2 heterocycles. The molecule has 0 bridgehead atoms. The number of nitrogens with two attached hydrogens (primary N) is 1. The van der Waals surface area contributed by atoms with Crippen molar-refractivity contribution >= 4 is 32.9 Å². The zero-order valence-corrected chi connectivity index (χ0v) is 23.9. The van der Waals surface area contributed by atoms with Crippen molar-refractivity contribution in [2.24, 2.45) is 11.1 Å². The second-order valence-corrected chi connectivity index (χ2v) is 11.4. The Kier molecular flexibility index (Phi) is 7.34. The molecule has 0 radical (unpaired) electrons. The number of fused-ring (bicyclic) bond motifs is 1. The number of nitrogens with one attached hydrogen (secondary N) is 1. The van der Waals surface area contributed by atoms with Crippen LogP contribution in [0.25, 0.3) is 11.0 Å². The molecule has 1 aliphatic rings. The number of amides is 1. The highest BCUT2D eigenvalue weighted by Gasteiger charge is 2.45. The molecule has 6 nitrogen and oxygen atoms in total. The van der Waals surface area contributed by atoms with Crippen LogP contribution < -0.4 is 11.4 Å². The SMILES string of the molecule is Cc1ccc(CC(C(=O)N2CC(CN)(CBr)C2)n2c(=N)n(C(C)c3ccc(C)cc3)c3ccccc32)cc1. The predicted octanol–water partition coefficient (Wildman–Crippen LogP) is 5.11. The molecule has 0 aliphatic carbocycles. The van der Waals surface area contributed by atoms with Crippen LogP contribution in [0.5, 0.6) is 0 Å². The molecule has 0 spiro atoms. The predicted molar refractivity (Wildman–Crippen MR) is 157 cm³/mol. The lowest BCUT2D eigenvalue weighted by atomic mass is 9.81. The lowest BCUT2D eigenvalue weighted by Gasteiger charge is -2.50. The summed E-state index contributed by atoms with van der Waals surface area (Å²) in [4.78, 5) is 16.1. The molecule has 198 valence electrons. The van der Waals surface area contributed by atoms with Crippen molar-refractivity contribution in [3.63, 3.8) is 0 Å². The van der Waals surface area contributed by atoms with Crippen molar-refractivity contribution < 1.29 is 4.79 Å². The molecule has 4 aromatic rings. The third-order valence-corrected chi connectivity index (χ3v) is 9.22. The fourth-order valence-corrected chi connectivity index (χ4v) is 6.14. The summed E-state index contributed by atoms with van der Waals surface area (Å²) in [6.07, 6.45) is 0.517. The second kappa shape index (κ2) is 10.5. The van der Waals surface area contributed by atoms with Gasteiger partial charge in [0.2, 0.25) is 11.5 Å².